The SMILES string of the molecule is CNC(=O)C1CCN(C(=O)C(N)CC(=O)O)CC1. The zero-order valence-corrected chi connectivity index (χ0v) is 10.4. The minimum absolute atomic E-state index is 0.0167. The molecule has 0 radical (unpaired) electrons. The second-order valence-corrected chi connectivity index (χ2v) is 4.42. The van der Waals surface area contributed by atoms with E-state index >= 15 is 0 Å². The molecule has 0 aliphatic carbocycles. The van der Waals surface area contributed by atoms with Gasteiger partial charge in [0, 0.05) is 26.1 Å². The van der Waals surface area contributed by atoms with Crippen molar-refractivity contribution in [1.82, 2.24) is 10.2 Å². The quantitative estimate of drug-likeness (QED) is 0.584. The summed E-state index contributed by atoms with van der Waals surface area (Å²) in [6.07, 6.45) is 0.810. The molecule has 0 saturated carbocycles. The minimum Gasteiger partial charge on any atom is -0.481 e. The third-order valence-electron chi connectivity index (χ3n) is 3.14. The van der Waals surface area contributed by atoms with Gasteiger partial charge in [0.25, 0.3) is 0 Å². The number of carboxylic acids is 1. The monoisotopic (exact) mass is 257 g/mol. The van der Waals surface area contributed by atoms with Crippen molar-refractivity contribution in [2.75, 3.05) is 20.1 Å². The Kier molecular flexibility index (Phi) is 5.08. The second-order valence-electron chi connectivity index (χ2n) is 4.42. The fraction of sp³-hybridized carbons (Fsp3) is 0.727. The number of amides is 2. The van der Waals surface area contributed by atoms with E-state index in [9.17, 15) is 14.4 Å². The summed E-state index contributed by atoms with van der Waals surface area (Å²) >= 11 is 0. The van der Waals surface area contributed by atoms with Crippen LogP contribution in [0.1, 0.15) is 19.3 Å². The highest BCUT2D eigenvalue weighted by atomic mass is 16.4. The van der Waals surface area contributed by atoms with Gasteiger partial charge < -0.3 is 21.1 Å². The number of nitrogens with two attached hydrogens (primary N) is 1. The number of hydrogen-bond donors (Lipinski definition) is 3. The molecule has 7 nitrogen and oxygen atoms in total. The largest absolute Gasteiger partial charge is 0.481 e. The van der Waals surface area contributed by atoms with Crippen LogP contribution in [0.25, 0.3) is 0 Å². The van der Waals surface area contributed by atoms with Crippen LogP contribution in [-0.2, 0) is 14.4 Å². The maximum atomic E-state index is 11.8. The highest BCUT2D eigenvalue weighted by Crippen LogP contribution is 2.17. The molecule has 0 aromatic carbocycles. The van der Waals surface area contributed by atoms with Crippen molar-refractivity contribution in [3.63, 3.8) is 0 Å². The third-order valence-corrected chi connectivity index (χ3v) is 3.14. The lowest BCUT2D eigenvalue weighted by atomic mass is 9.95. The Hall–Kier alpha value is -1.63. The smallest absolute Gasteiger partial charge is 0.305 e. The summed E-state index contributed by atoms with van der Waals surface area (Å²) < 4.78 is 0. The third kappa shape index (κ3) is 3.69. The zero-order valence-electron chi connectivity index (χ0n) is 10.4. The fourth-order valence-corrected chi connectivity index (χ4v) is 2.08. The molecule has 1 aliphatic rings. The molecule has 1 unspecified atom stereocenters. The average Bonchev–Trinajstić information content (AvgIpc) is 2.36. The van der Waals surface area contributed by atoms with E-state index in [4.69, 9.17) is 10.8 Å². The van der Waals surface area contributed by atoms with Gasteiger partial charge in [0.2, 0.25) is 11.8 Å². The molecule has 1 atom stereocenters. The van der Waals surface area contributed by atoms with Gasteiger partial charge in [-0.3, -0.25) is 14.4 Å². The van der Waals surface area contributed by atoms with Gasteiger partial charge in [-0.05, 0) is 12.8 Å². The van der Waals surface area contributed by atoms with Crippen molar-refractivity contribution >= 4 is 17.8 Å². The average molecular weight is 257 g/mol. The van der Waals surface area contributed by atoms with E-state index in [-0.39, 0.29) is 24.2 Å². The molecule has 7 heteroatoms. The topological polar surface area (TPSA) is 113 Å². The molecule has 1 fully saturated rings. The number of piperidine rings is 1. The molecule has 1 heterocycles. The van der Waals surface area contributed by atoms with Crippen LogP contribution in [0.5, 0.6) is 0 Å². The number of carbonyl (C=O) groups excluding carboxylic acids is 2. The van der Waals surface area contributed by atoms with Crippen molar-refractivity contribution in [2.24, 2.45) is 11.7 Å². The standard InChI is InChI=1S/C11H19N3O4/c1-13-10(17)7-2-4-14(5-3-7)11(18)8(12)6-9(15)16/h7-8H,2-6,12H2,1H3,(H,13,17)(H,15,16). The number of rotatable bonds is 4. The maximum Gasteiger partial charge on any atom is 0.305 e. The van der Waals surface area contributed by atoms with Crippen LogP contribution >= 0.6 is 0 Å². The molecule has 0 spiro atoms. The van der Waals surface area contributed by atoms with Gasteiger partial charge in [-0.2, -0.15) is 0 Å². The lowest BCUT2D eigenvalue weighted by Gasteiger charge is -2.32. The number of carbonyl (C=O) groups is 3. The Morgan fingerprint density at radius 1 is 1.39 bits per heavy atom. The molecule has 1 rings (SSSR count). The molecular formula is C11H19N3O4. The Morgan fingerprint density at radius 3 is 2.39 bits per heavy atom. The predicted molar refractivity (Wildman–Crippen MR) is 63.6 cm³/mol. The van der Waals surface area contributed by atoms with Crippen molar-refractivity contribution in [3.05, 3.63) is 0 Å². The minimum atomic E-state index is -1.09. The molecular weight excluding hydrogens is 238 g/mol. The van der Waals surface area contributed by atoms with E-state index in [1.807, 2.05) is 0 Å². The molecule has 0 bridgehead atoms. The number of hydrogen-bond acceptors (Lipinski definition) is 4. The van der Waals surface area contributed by atoms with Gasteiger partial charge in [-0.15, -0.1) is 0 Å². The van der Waals surface area contributed by atoms with Crippen LogP contribution in [0.15, 0.2) is 0 Å². The Morgan fingerprint density at radius 2 is 1.94 bits per heavy atom. The van der Waals surface area contributed by atoms with Gasteiger partial charge in [0.15, 0.2) is 0 Å². The van der Waals surface area contributed by atoms with Gasteiger partial charge >= 0.3 is 5.97 Å². The molecule has 1 aliphatic heterocycles. The lowest BCUT2D eigenvalue weighted by molar-refractivity contribution is -0.142. The van der Waals surface area contributed by atoms with Crippen LogP contribution in [0.4, 0.5) is 0 Å². The summed E-state index contributed by atoms with van der Waals surface area (Å²) in [5, 5.41) is 11.2. The number of nitrogens with zero attached hydrogens (tertiary/aromatic N) is 1. The number of carboxylic acid groups (broad SMARTS) is 1. The summed E-state index contributed by atoms with van der Waals surface area (Å²) in [6, 6.07) is -1.00. The Labute approximate surface area is 105 Å². The Bertz CT molecular complexity index is 337. The van der Waals surface area contributed by atoms with E-state index in [0.29, 0.717) is 25.9 Å². The summed E-state index contributed by atoms with van der Waals surface area (Å²) in [5.74, 6) is -1.53. The maximum absolute atomic E-state index is 11.8. The van der Waals surface area contributed by atoms with E-state index in [2.05, 4.69) is 5.32 Å². The number of nitrogens with one attached hydrogen (secondary N) is 1. The number of likely N-dealkylation sites (tertiary alicyclic amines) is 1. The second kappa shape index (κ2) is 6.34. The number of aliphatic carboxylic acids is 1. The van der Waals surface area contributed by atoms with Crippen LogP contribution in [0.3, 0.4) is 0 Å². The summed E-state index contributed by atoms with van der Waals surface area (Å²) in [6.45, 7) is 0.897. The molecule has 1 saturated heterocycles. The first kappa shape index (κ1) is 14.4. The van der Waals surface area contributed by atoms with E-state index in [1.54, 1.807) is 7.05 Å². The van der Waals surface area contributed by atoms with Crippen LogP contribution in [0.2, 0.25) is 0 Å². The van der Waals surface area contributed by atoms with E-state index in [1.165, 1.54) is 4.90 Å². The van der Waals surface area contributed by atoms with Crippen LogP contribution in [0, 0.1) is 5.92 Å². The van der Waals surface area contributed by atoms with Crippen LogP contribution in [-0.4, -0.2) is 54.0 Å². The highest BCUT2D eigenvalue weighted by molar-refractivity contribution is 5.86. The van der Waals surface area contributed by atoms with Gasteiger partial charge in [0.1, 0.15) is 0 Å². The van der Waals surface area contributed by atoms with Gasteiger partial charge in [-0.1, -0.05) is 0 Å². The normalized spacial score (nSPS) is 18.2. The molecule has 18 heavy (non-hydrogen) atoms. The zero-order chi connectivity index (χ0) is 13.7. The summed E-state index contributed by atoms with van der Waals surface area (Å²) in [5.41, 5.74) is 5.52. The predicted octanol–water partition coefficient (Wildman–Crippen LogP) is -1.23. The van der Waals surface area contributed by atoms with E-state index < -0.39 is 12.0 Å². The van der Waals surface area contributed by atoms with Gasteiger partial charge in [0.05, 0.1) is 12.5 Å². The molecule has 4 N–H and O–H groups in total. The van der Waals surface area contributed by atoms with Crippen LogP contribution < -0.4 is 11.1 Å². The molecule has 2 amide bonds. The first-order chi connectivity index (χ1) is 8.45. The van der Waals surface area contributed by atoms with Crippen molar-refractivity contribution in [1.29, 1.82) is 0 Å². The molecule has 0 aromatic rings. The highest BCUT2D eigenvalue weighted by Gasteiger charge is 2.29. The van der Waals surface area contributed by atoms with E-state index in [0.717, 1.165) is 0 Å². The fourth-order valence-electron chi connectivity index (χ4n) is 2.08. The van der Waals surface area contributed by atoms with Crippen molar-refractivity contribution in [2.45, 2.75) is 25.3 Å². The summed E-state index contributed by atoms with van der Waals surface area (Å²) in [7, 11) is 1.59. The van der Waals surface area contributed by atoms with Gasteiger partial charge in [-0.25, -0.2) is 0 Å². The molecule has 102 valence electrons. The van der Waals surface area contributed by atoms with Crippen molar-refractivity contribution < 1.29 is 19.5 Å². The Balaban J connectivity index is 2.45. The molecule has 0 aromatic heterocycles. The van der Waals surface area contributed by atoms with Crippen molar-refractivity contribution in [3.8, 4) is 0 Å². The first-order valence-corrected chi connectivity index (χ1v) is 5.93. The lowest BCUT2D eigenvalue weighted by Crippen LogP contribution is -2.49. The first-order valence-electron chi connectivity index (χ1n) is 5.93. The summed E-state index contributed by atoms with van der Waals surface area (Å²) in [4.78, 5) is 35.2.